The van der Waals surface area contributed by atoms with Crippen molar-refractivity contribution in [2.45, 2.75) is 31.6 Å². The first-order valence-electron chi connectivity index (χ1n) is 7.85. The van der Waals surface area contributed by atoms with Crippen molar-refractivity contribution < 1.29 is 4.42 Å². The van der Waals surface area contributed by atoms with E-state index in [2.05, 4.69) is 42.8 Å². The minimum Gasteiger partial charge on any atom is -0.440 e. The van der Waals surface area contributed by atoms with Gasteiger partial charge in [-0.1, -0.05) is 48.0 Å². The number of hydrogen-bond donors (Lipinski definition) is 0. The van der Waals surface area contributed by atoms with Crippen LogP contribution >= 0.6 is 11.6 Å². The second-order valence-electron chi connectivity index (χ2n) is 6.09. The highest BCUT2D eigenvalue weighted by Crippen LogP contribution is 2.33. The largest absolute Gasteiger partial charge is 0.440 e. The maximum absolute atomic E-state index is 6.03. The van der Waals surface area contributed by atoms with Gasteiger partial charge in [0.15, 0.2) is 5.58 Å². The summed E-state index contributed by atoms with van der Waals surface area (Å²) >= 11 is 6.03. The van der Waals surface area contributed by atoms with E-state index in [1.54, 1.807) is 0 Å². The van der Waals surface area contributed by atoms with E-state index in [0.717, 1.165) is 30.4 Å². The molecule has 0 saturated heterocycles. The standard InChI is InChI=1S/C20H20ClNO/c1-3-20(2,13-7-10-15-8-5-4-6-9-15)19-22-17-14-16(21)11-12-18(17)23-19/h3-6,8-9,11-12,14H,1,7,10,13H2,2H3/t20-/m1/s1. The van der Waals surface area contributed by atoms with Gasteiger partial charge in [0.05, 0.1) is 5.41 Å². The molecule has 1 atom stereocenters. The van der Waals surface area contributed by atoms with E-state index in [1.165, 1.54) is 5.56 Å². The smallest absolute Gasteiger partial charge is 0.205 e. The van der Waals surface area contributed by atoms with E-state index in [-0.39, 0.29) is 5.41 Å². The molecule has 0 radical (unpaired) electrons. The third-order valence-corrected chi connectivity index (χ3v) is 4.53. The fourth-order valence-corrected chi connectivity index (χ4v) is 2.91. The van der Waals surface area contributed by atoms with E-state index >= 15 is 0 Å². The Labute approximate surface area is 141 Å². The summed E-state index contributed by atoms with van der Waals surface area (Å²) in [6.07, 6.45) is 4.96. The minimum atomic E-state index is -0.278. The molecule has 0 spiro atoms. The van der Waals surface area contributed by atoms with E-state index in [0.29, 0.717) is 10.9 Å². The van der Waals surface area contributed by atoms with E-state index in [4.69, 9.17) is 16.0 Å². The van der Waals surface area contributed by atoms with Crippen LogP contribution in [-0.4, -0.2) is 4.98 Å². The number of hydrogen-bond acceptors (Lipinski definition) is 2. The zero-order chi connectivity index (χ0) is 16.3. The molecule has 1 aromatic heterocycles. The lowest BCUT2D eigenvalue weighted by Crippen LogP contribution is -2.19. The summed E-state index contributed by atoms with van der Waals surface area (Å²) in [6, 6.07) is 16.0. The van der Waals surface area contributed by atoms with Crippen LogP contribution in [0, 0.1) is 0 Å². The molecule has 0 bridgehead atoms. The van der Waals surface area contributed by atoms with Crippen molar-refractivity contribution in [3.63, 3.8) is 0 Å². The second-order valence-corrected chi connectivity index (χ2v) is 6.53. The van der Waals surface area contributed by atoms with Crippen molar-refractivity contribution in [2.75, 3.05) is 0 Å². The van der Waals surface area contributed by atoms with Crippen LogP contribution in [0.1, 0.15) is 31.2 Å². The molecule has 3 rings (SSSR count). The first kappa shape index (κ1) is 15.8. The quantitative estimate of drug-likeness (QED) is 0.523. The Kier molecular flexibility index (Phi) is 4.53. The molecule has 3 heteroatoms. The van der Waals surface area contributed by atoms with Crippen LogP contribution in [0.4, 0.5) is 0 Å². The topological polar surface area (TPSA) is 26.0 Å². The van der Waals surface area contributed by atoms with Crippen LogP contribution in [0.25, 0.3) is 11.1 Å². The van der Waals surface area contributed by atoms with Gasteiger partial charge < -0.3 is 4.42 Å². The molecule has 118 valence electrons. The molecule has 23 heavy (non-hydrogen) atoms. The zero-order valence-electron chi connectivity index (χ0n) is 13.3. The molecule has 0 unspecified atom stereocenters. The van der Waals surface area contributed by atoms with E-state index in [9.17, 15) is 0 Å². The molecule has 1 heterocycles. The third-order valence-electron chi connectivity index (χ3n) is 4.29. The van der Waals surface area contributed by atoms with Gasteiger partial charge in [0.1, 0.15) is 5.52 Å². The van der Waals surface area contributed by atoms with Crippen LogP contribution in [-0.2, 0) is 11.8 Å². The van der Waals surface area contributed by atoms with Crippen LogP contribution in [0.15, 0.2) is 65.6 Å². The minimum absolute atomic E-state index is 0.278. The van der Waals surface area contributed by atoms with Crippen molar-refractivity contribution in [3.05, 3.63) is 77.7 Å². The number of rotatable bonds is 6. The summed E-state index contributed by atoms with van der Waals surface area (Å²) in [5, 5.41) is 0.668. The lowest BCUT2D eigenvalue weighted by Gasteiger charge is -2.21. The van der Waals surface area contributed by atoms with Crippen LogP contribution in [0.3, 0.4) is 0 Å². The lowest BCUT2D eigenvalue weighted by molar-refractivity contribution is 0.390. The second kappa shape index (κ2) is 6.59. The van der Waals surface area contributed by atoms with Crippen molar-refractivity contribution in [3.8, 4) is 0 Å². The Hall–Kier alpha value is -2.06. The number of halogens is 1. The normalized spacial score (nSPS) is 13.8. The molecular formula is C20H20ClNO. The van der Waals surface area contributed by atoms with Gasteiger partial charge in [-0.2, -0.15) is 0 Å². The first-order valence-corrected chi connectivity index (χ1v) is 8.23. The van der Waals surface area contributed by atoms with Gasteiger partial charge in [0.25, 0.3) is 0 Å². The lowest BCUT2D eigenvalue weighted by atomic mass is 9.84. The van der Waals surface area contributed by atoms with Crippen LogP contribution in [0.2, 0.25) is 5.02 Å². The number of fused-ring (bicyclic) bond motifs is 1. The number of benzene rings is 2. The zero-order valence-corrected chi connectivity index (χ0v) is 14.0. The molecule has 0 N–H and O–H groups in total. The maximum Gasteiger partial charge on any atom is 0.205 e. The van der Waals surface area contributed by atoms with Gasteiger partial charge in [-0.25, -0.2) is 4.98 Å². The van der Waals surface area contributed by atoms with Crippen molar-refractivity contribution in [1.29, 1.82) is 0 Å². The number of allylic oxidation sites excluding steroid dienone is 1. The van der Waals surface area contributed by atoms with Gasteiger partial charge in [0, 0.05) is 5.02 Å². The molecule has 0 amide bonds. The molecule has 0 fully saturated rings. The molecule has 0 aliphatic carbocycles. The van der Waals surface area contributed by atoms with Gasteiger partial charge in [0.2, 0.25) is 5.89 Å². The summed E-state index contributed by atoms with van der Waals surface area (Å²) < 4.78 is 5.94. The highest BCUT2D eigenvalue weighted by atomic mass is 35.5. The monoisotopic (exact) mass is 325 g/mol. The highest BCUT2D eigenvalue weighted by Gasteiger charge is 2.28. The summed E-state index contributed by atoms with van der Waals surface area (Å²) in [4.78, 5) is 4.62. The summed E-state index contributed by atoms with van der Waals surface area (Å²) in [5.41, 5.74) is 2.63. The fourth-order valence-electron chi connectivity index (χ4n) is 2.75. The molecular weight excluding hydrogens is 306 g/mol. The van der Waals surface area contributed by atoms with Crippen molar-refractivity contribution in [2.24, 2.45) is 0 Å². The van der Waals surface area contributed by atoms with Gasteiger partial charge in [-0.05, 0) is 49.9 Å². The first-order chi connectivity index (χ1) is 11.1. The number of aromatic nitrogens is 1. The molecule has 2 aromatic carbocycles. The molecule has 0 saturated carbocycles. The summed E-state index contributed by atoms with van der Waals surface area (Å²) in [7, 11) is 0. The fraction of sp³-hybridized carbons (Fsp3) is 0.250. The van der Waals surface area contributed by atoms with Crippen LogP contribution in [0.5, 0.6) is 0 Å². The third kappa shape index (κ3) is 3.48. The maximum atomic E-state index is 6.03. The average Bonchev–Trinajstić information content (AvgIpc) is 2.99. The number of aryl methyl sites for hydroxylation is 1. The number of oxazole rings is 1. The van der Waals surface area contributed by atoms with E-state index < -0.39 is 0 Å². The average molecular weight is 326 g/mol. The molecule has 2 nitrogen and oxygen atoms in total. The Balaban J connectivity index is 1.77. The molecule has 3 aromatic rings. The Bertz CT molecular complexity index is 809. The predicted molar refractivity (Wildman–Crippen MR) is 95.9 cm³/mol. The van der Waals surface area contributed by atoms with Crippen molar-refractivity contribution in [1.82, 2.24) is 4.98 Å². The molecule has 0 aliphatic rings. The molecule has 0 aliphatic heterocycles. The van der Waals surface area contributed by atoms with Gasteiger partial charge >= 0.3 is 0 Å². The van der Waals surface area contributed by atoms with E-state index in [1.807, 2.05) is 30.3 Å². The van der Waals surface area contributed by atoms with Gasteiger partial charge in [-0.3, -0.25) is 0 Å². The van der Waals surface area contributed by atoms with Crippen molar-refractivity contribution >= 4 is 22.7 Å². The Morgan fingerprint density at radius 3 is 2.74 bits per heavy atom. The highest BCUT2D eigenvalue weighted by molar-refractivity contribution is 6.31. The van der Waals surface area contributed by atoms with Gasteiger partial charge in [-0.15, -0.1) is 6.58 Å². The van der Waals surface area contributed by atoms with Crippen LogP contribution < -0.4 is 0 Å². The Morgan fingerprint density at radius 1 is 1.22 bits per heavy atom. The SMILES string of the molecule is C=C[C@](C)(CCCc1ccccc1)c1nc2cc(Cl)ccc2o1. The number of nitrogens with zero attached hydrogens (tertiary/aromatic N) is 1. The summed E-state index contributed by atoms with van der Waals surface area (Å²) in [6.45, 7) is 6.12. The Morgan fingerprint density at radius 2 is 2.00 bits per heavy atom. The summed E-state index contributed by atoms with van der Waals surface area (Å²) in [5.74, 6) is 0.706. The predicted octanol–water partition coefficient (Wildman–Crippen LogP) is 5.95.